The third-order valence-corrected chi connectivity index (χ3v) is 2.86. The van der Waals surface area contributed by atoms with Crippen molar-refractivity contribution < 1.29 is 0 Å². The zero-order valence-corrected chi connectivity index (χ0v) is 8.36. The van der Waals surface area contributed by atoms with Crippen LogP contribution in [0.5, 0.6) is 0 Å². The quantitative estimate of drug-likeness (QED) is 0.666. The summed E-state index contributed by atoms with van der Waals surface area (Å²) in [5, 5.41) is 3.43. The highest BCUT2D eigenvalue weighted by Crippen LogP contribution is 2.39. The molecule has 0 aliphatic carbocycles. The number of rotatable bonds is 0. The molecule has 1 unspecified atom stereocenters. The molecule has 2 aliphatic heterocycles. The molecule has 0 spiro atoms. The Morgan fingerprint density at radius 1 is 1.21 bits per heavy atom. The number of hydrogen-bond donors (Lipinski definition) is 1. The van der Waals surface area contributed by atoms with Crippen molar-refractivity contribution in [1.82, 2.24) is 5.32 Å². The summed E-state index contributed by atoms with van der Waals surface area (Å²) in [6.07, 6.45) is 2.43. The Morgan fingerprint density at radius 3 is 2.71 bits per heavy atom. The van der Waals surface area contributed by atoms with Crippen molar-refractivity contribution in [3.05, 3.63) is 36.2 Å². The highest BCUT2D eigenvalue weighted by Gasteiger charge is 2.35. The fourth-order valence-corrected chi connectivity index (χ4v) is 2.19. The largest absolute Gasteiger partial charge is 0.350 e. The van der Waals surface area contributed by atoms with Gasteiger partial charge in [-0.15, -0.1) is 0 Å². The Kier molecular flexibility index (Phi) is 1.35. The van der Waals surface area contributed by atoms with Crippen molar-refractivity contribution in [2.24, 2.45) is 0 Å². The fraction of sp³-hybridized carbons (Fsp3) is 0.273. The van der Waals surface area contributed by atoms with Gasteiger partial charge in [-0.25, -0.2) is 0 Å². The maximum absolute atomic E-state index is 3.43. The summed E-state index contributed by atoms with van der Waals surface area (Å²) in [5.41, 5.74) is 3.79. The second-order valence-electron chi connectivity index (χ2n) is 3.84. The molecule has 0 bridgehead atoms. The van der Waals surface area contributed by atoms with Gasteiger partial charge in [0.1, 0.15) is 0 Å². The molecule has 0 saturated heterocycles. The van der Waals surface area contributed by atoms with Crippen LogP contribution >= 0.6 is 0 Å². The highest BCUT2D eigenvalue weighted by atomic mass is 15.5. The average molecular weight is 187 g/mol. The minimum absolute atomic E-state index is 0.271. The van der Waals surface area contributed by atoms with E-state index in [9.17, 15) is 0 Å². The number of fused-ring (bicyclic) bond motifs is 3. The van der Waals surface area contributed by atoms with Crippen molar-refractivity contribution in [3.8, 4) is 0 Å². The minimum Gasteiger partial charge on any atom is -0.350 e. The predicted octanol–water partition coefficient (Wildman–Crippen LogP) is 1.69. The van der Waals surface area contributed by atoms with Gasteiger partial charge >= 0.3 is 0 Å². The molecule has 14 heavy (non-hydrogen) atoms. The average Bonchev–Trinajstić information content (AvgIpc) is 2.68. The Balaban J connectivity index is 2.14. The maximum atomic E-state index is 3.43. The molecule has 1 aromatic rings. The van der Waals surface area contributed by atoms with Crippen molar-refractivity contribution in [3.63, 3.8) is 0 Å². The number of nitrogens with zero attached hydrogens (tertiary/aromatic N) is 2. The van der Waals surface area contributed by atoms with E-state index in [1.54, 1.807) is 0 Å². The van der Waals surface area contributed by atoms with E-state index >= 15 is 0 Å². The highest BCUT2D eigenvalue weighted by molar-refractivity contribution is 5.79. The molecule has 3 rings (SSSR count). The SMILES string of the molecule is CC1=CN2c3ccccc3N(C)C2N1. The molecule has 0 aromatic heterocycles. The first kappa shape index (κ1) is 7.74. The number of hydrogen-bond acceptors (Lipinski definition) is 3. The molecule has 3 nitrogen and oxygen atoms in total. The molecular weight excluding hydrogens is 174 g/mol. The van der Waals surface area contributed by atoms with Crippen molar-refractivity contribution in [2.75, 3.05) is 16.8 Å². The molecule has 3 heteroatoms. The second kappa shape index (κ2) is 2.44. The van der Waals surface area contributed by atoms with E-state index in [1.165, 1.54) is 17.1 Å². The van der Waals surface area contributed by atoms with E-state index in [4.69, 9.17) is 0 Å². The first-order chi connectivity index (χ1) is 6.77. The summed E-state index contributed by atoms with van der Waals surface area (Å²) < 4.78 is 0. The lowest BCUT2D eigenvalue weighted by molar-refractivity contribution is 0.623. The van der Waals surface area contributed by atoms with Crippen LogP contribution in [0.4, 0.5) is 11.4 Å². The van der Waals surface area contributed by atoms with Crippen LogP contribution in [-0.4, -0.2) is 13.3 Å². The zero-order valence-electron chi connectivity index (χ0n) is 8.36. The zero-order chi connectivity index (χ0) is 9.71. The van der Waals surface area contributed by atoms with Crippen LogP contribution in [0, 0.1) is 0 Å². The summed E-state index contributed by atoms with van der Waals surface area (Å²) in [4.78, 5) is 4.52. The lowest BCUT2D eigenvalue weighted by Gasteiger charge is -2.23. The topological polar surface area (TPSA) is 18.5 Å². The van der Waals surface area contributed by atoms with Gasteiger partial charge in [0.25, 0.3) is 0 Å². The Labute approximate surface area is 83.6 Å². The van der Waals surface area contributed by atoms with Gasteiger partial charge in [-0.05, 0) is 19.1 Å². The van der Waals surface area contributed by atoms with Crippen molar-refractivity contribution in [2.45, 2.75) is 13.2 Å². The van der Waals surface area contributed by atoms with Crippen LogP contribution in [0.2, 0.25) is 0 Å². The molecule has 1 N–H and O–H groups in total. The first-order valence-electron chi connectivity index (χ1n) is 4.82. The van der Waals surface area contributed by atoms with Gasteiger partial charge in [0, 0.05) is 18.9 Å². The Hall–Kier alpha value is -1.64. The molecule has 1 atom stereocenters. The number of benzene rings is 1. The van der Waals surface area contributed by atoms with Gasteiger partial charge in [0.2, 0.25) is 0 Å². The summed E-state index contributed by atoms with van der Waals surface area (Å²) >= 11 is 0. The van der Waals surface area contributed by atoms with Crippen LogP contribution in [0.3, 0.4) is 0 Å². The summed E-state index contributed by atoms with van der Waals surface area (Å²) in [6, 6.07) is 8.46. The fourth-order valence-electron chi connectivity index (χ4n) is 2.19. The molecule has 2 aliphatic rings. The number of nitrogens with one attached hydrogen (secondary N) is 1. The summed E-state index contributed by atoms with van der Waals surface area (Å²) in [5.74, 6) is 0. The van der Waals surface area contributed by atoms with Gasteiger partial charge in [-0.1, -0.05) is 12.1 Å². The summed E-state index contributed by atoms with van der Waals surface area (Å²) in [7, 11) is 2.11. The molecule has 0 fully saturated rings. The van der Waals surface area contributed by atoms with Crippen LogP contribution in [0.1, 0.15) is 6.92 Å². The molecular formula is C11H13N3. The van der Waals surface area contributed by atoms with E-state index in [0.717, 1.165) is 0 Å². The third-order valence-electron chi connectivity index (χ3n) is 2.86. The normalized spacial score (nSPS) is 23.0. The first-order valence-corrected chi connectivity index (χ1v) is 4.82. The third kappa shape index (κ3) is 0.816. The van der Waals surface area contributed by atoms with Crippen LogP contribution < -0.4 is 15.1 Å². The monoisotopic (exact) mass is 187 g/mol. The molecule has 0 amide bonds. The van der Waals surface area contributed by atoms with Crippen LogP contribution in [0.15, 0.2) is 36.2 Å². The molecule has 72 valence electrons. The van der Waals surface area contributed by atoms with E-state index in [2.05, 4.69) is 59.6 Å². The Morgan fingerprint density at radius 2 is 1.93 bits per heavy atom. The second-order valence-corrected chi connectivity index (χ2v) is 3.84. The minimum atomic E-state index is 0.271. The van der Waals surface area contributed by atoms with Crippen LogP contribution in [-0.2, 0) is 0 Å². The number of para-hydroxylation sites is 2. The van der Waals surface area contributed by atoms with Gasteiger partial charge in [0.05, 0.1) is 11.4 Å². The van der Waals surface area contributed by atoms with Gasteiger partial charge in [-0.3, -0.25) is 0 Å². The standard InChI is InChI=1S/C11H13N3/c1-8-7-14-10-6-4-3-5-9(10)13(2)11(14)12-8/h3-7,11-12H,1-2H3. The number of anilines is 2. The molecule has 0 radical (unpaired) electrons. The van der Waals surface area contributed by atoms with Gasteiger partial charge < -0.3 is 15.1 Å². The van der Waals surface area contributed by atoms with Crippen LogP contribution in [0.25, 0.3) is 0 Å². The van der Waals surface area contributed by atoms with Crippen molar-refractivity contribution >= 4 is 11.4 Å². The Bertz CT molecular complexity index is 411. The van der Waals surface area contributed by atoms with E-state index in [-0.39, 0.29) is 6.29 Å². The van der Waals surface area contributed by atoms with E-state index in [1.807, 2.05) is 0 Å². The smallest absolute Gasteiger partial charge is 0.182 e. The lowest BCUT2D eigenvalue weighted by atomic mass is 10.2. The maximum Gasteiger partial charge on any atom is 0.182 e. The number of allylic oxidation sites excluding steroid dienone is 1. The molecule has 2 heterocycles. The van der Waals surface area contributed by atoms with Gasteiger partial charge in [0.15, 0.2) is 6.29 Å². The van der Waals surface area contributed by atoms with Gasteiger partial charge in [-0.2, -0.15) is 0 Å². The lowest BCUT2D eigenvalue weighted by Crippen LogP contribution is -2.44. The molecule has 0 saturated carbocycles. The van der Waals surface area contributed by atoms with E-state index < -0.39 is 0 Å². The van der Waals surface area contributed by atoms with E-state index in [0.29, 0.717) is 0 Å². The van der Waals surface area contributed by atoms with Crippen molar-refractivity contribution in [1.29, 1.82) is 0 Å². The summed E-state index contributed by atoms with van der Waals surface area (Å²) in [6.45, 7) is 2.09. The predicted molar refractivity (Wildman–Crippen MR) is 58.0 cm³/mol. The molecule has 1 aromatic carbocycles.